The van der Waals surface area contributed by atoms with E-state index in [9.17, 15) is 0 Å². The Bertz CT molecular complexity index is 551. The van der Waals surface area contributed by atoms with Gasteiger partial charge in [-0.25, -0.2) is 9.97 Å². The Labute approximate surface area is 107 Å². The van der Waals surface area contributed by atoms with Gasteiger partial charge in [0.1, 0.15) is 12.1 Å². The largest absolute Gasteiger partial charge is 0.384 e. The Morgan fingerprint density at radius 2 is 1.94 bits per heavy atom. The lowest BCUT2D eigenvalue weighted by molar-refractivity contribution is 0.405. The lowest BCUT2D eigenvalue weighted by Crippen LogP contribution is -2.10. The van der Waals surface area contributed by atoms with E-state index < -0.39 is 0 Å². The molecule has 0 unspecified atom stereocenters. The Kier molecular flexibility index (Phi) is 3.07. The van der Waals surface area contributed by atoms with Crippen LogP contribution in [0.1, 0.15) is 32.2 Å². The lowest BCUT2D eigenvalue weighted by atomic mass is 9.91. The van der Waals surface area contributed by atoms with E-state index in [-0.39, 0.29) is 5.41 Å². The van der Waals surface area contributed by atoms with Crippen molar-refractivity contribution in [3.63, 3.8) is 0 Å². The highest BCUT2D eigenvalue weighted by Crippen LogP contribution is 2.22. The van der Waals surface area contributed by atoms with Crippen molar-refractivity contribution in [2.24, 2.45) is 5.41 Å². The van der Waals surface area contributed by atoms with Gasteiger partial charge >= 0.3 is 0 Å². The van der Waals surface area contributed by atoms with Crippen molar-refractivity contribution >= 4 is 5.82 Å². The van der Waals surface area contributed by atoms with Crippen LogP contribution in [0.5, 0.6) is 0 Å². The molecule has 0 aromatic carbocycles. The third kappa shape index (κ3) is 2.85. The smallest absolute Gasteiger partial charge is 0.159 e. The molecule has 5 heteroatoms. The predicted molar refractivity (Wildman–Crippen MR) is 71.5 cm³/mol. The van der Waals surface area contributed by atoms with E-state index in [0.717, 1.165) is 17.8 Å². The van der Waals surface area contributed by atoms with E-state index >= 15 is 0 Å². The molecule has 0 saturated carbocycles. The van der Waals surface area contributed by atoms with E-state index in [0.29, 0.717) is 11.6 Å². The molecule has 0 amide bonds. The molecule has 0 aliphatic rings. The lowest BCUT2D eigenvalue weighted by Gasteiger charge is -2.15. The highest BCUT2D eigenvalue weighted by Gasteiger charge is 2.15. The van der Waals surface area contributed by atoms with Crippen LogP contribution in [0.25, 0.3) is 5.82 Å². The van der Waals surface area contributed by atoms with Crippen LogP contribution in [0.4, 0.5) is 5.82 Å². The summed E-state index contributed by atoms with van der Waals surface area (Å²) in [6, 6.07) is 3.77. The fraction of sp³-hybridized carbons (Fsp3) is 0.462. The first-order valence-electron chi connectivity index (χ1n) is 5.98. The van der Waals surface area contributed by atoms with E-state index in [2.05, 4.69) is 35.8 Å². The minimum Gasteiger partial charge on any atom is -0.384 e. The molecule has 2 aromatic rings. The number of hydrogen-bond donors (Lipinski definition) is 1. The molecule has 0 aliphatic carbocycles. The van der Waals surface area contributed by atoms with Crippen molar-refractivity contribution in [1.29, 1.82) is 0 Å². The second kappa shape index (κ2) is 4.40. The molecule has 0 bridgehead atoms. The van der Waals surface area contributed by atoms with Crippen LogP contribution >= 0.6 is 0 Å². The molecule has 2 N–H and O–H groups in total. The van der Waals surface area contributed by atoms with Crippen molar-refractivity contribution in [2.75, 3.05) is 5.73 Å². The summed E-state index contributed by atoms with van der Waals surface area (Å²) < 4.78 is 1.66. The van der Waals surface area contributed by atoms with Crippen LogP contribution in [-0.4, -0.2) is 19.7 Å². The van der Waals surface area contributed by atoms with Crippen LogP contribution in [-0.2, 0) is 6.42 Å². The molecule has 2 aromatic heterocycles. The summed E-state index contributed by atoms with van der Waals surface area (Å²) in [5, 5.41) is 4.51. The average Bonchev–Trinajstić information content (AvgIpc) is 2.56. The van der Waals surface area contributed by atoms with Crippen LogP contribution < -0.4 is 5.73 Å². The Morgan fingerprint density at radius 3 is 2.56 bits per heavy atom. The van der Waals surface area contributed by atoms with Gasteiger partial charge in [0.05, 0.1) is 5.69 Å². The van der Waals surface area contributed by atoms with Gasteiger partial charge in [-0.2, -0.15) is 9.78 Å². The quantitative estimate of drug-likeness (QED) is 0.880. The van der Waals surface area contributed by atoms with Crippen LogP contribution in [0.3, 0.4) is 0 Å². The highest BCUT2D eigenvalue weighted by molar-refractivity contribution is 5.39. The number of nitrogens with zero attached hydrogens (tertiary/aromatic N) is 4. The first-order chi connectivity index (χ1) is 8.35. The molecule has 2 rings (SSSR count). The number of hydrogen-bond acceptors (Lipinski definition) is 4. The number of aryl methyl sites for hydroxylation is 1. The van der Waals surface area contributed by atoms with Gasteiger partial charge in [0.2, 0.25) is 0 Å². The summed E-state index contributed by atoms with van der Waals surface area (Å²) in [6.45, 7) is 8.45. The number of rotatable bonds is 2. The number of anilines is 1. The van der Waals surface area contributed by atoms with Crippen molar-refractivity contribution in [2.45, 2.75) is 34.1 Å². The van der Waals surface area contributed by atoms with Gasteiger partial charge in [-0.1, -0.05) is 20.8 Å². The maximum absolute atomic E-state index is 5.98. The van der Waals surface area contributed by atoms with E-state index in [1.807, 2.05) is 19.1 Å². The van der Waals surface area contributed by atoms with Gasteiger partial charge < -0.3 is 5.73 Å². The highest BCUT2D eigenvalue weighted by atomic mass is 15.3. The predicted octanol–water partition coefficient (Wildman–Crippen LogP) is 2.14. The Hall–Kier alpha value is -1.91. The molecule has 5 nitrogen and oxygen atoms in total. The van der Waals surface area contributed by atoms with Crippen molar-refractivity contribution < 1.29 is 0 Å². The first-order valence-corrected chi connectivity index (χ1v) is 5.98. The van der Waals surface area contributed by atoms with Crippen LogP contribution in [0.15, 0.2) is 18.5 Å². The summed E-state index contributed by atoms with van der Waals surface area (Å²) >= 11 is 0. The second-order valence-corrected chi connectivity index (χ2v) is 5.73. The maximum Gasteiger partial charge on any atom is 0.159 e. The zero-order valence-corrected chi connectivity index (χ0v) is 11.3. The maximum atomic E-state index is 5.98. The standard InChI is InChI=1S/C13H19N5/c1-9-5-12(16-8-15-9)18-11(14)6-10(17-18)7-13(2,3)4/h5-6,8H,7,14H2,1-4H3. The summed E-state index contributed by atoms with van der Waals surface area (Å²) in [5.41, 5.74) is 8.05. The second-order valence-electron chi connectivity index (χ2n) is 5.73. The number of nitrogens with two attached hydrogens (primary N) is 1. The van der Waals surface area contributed by atoms with Crippen molar-refractivity contribution in [3.8, 4) is 5.82 Å². The molecule has 18 heavy (non-hydrogen) atoms. The zero-order chi connectivity index (χ0) is 13.3. The van der Waals surface area contributed by atoms with Gasteiger partial charge in [0.15, 0.2) is 5.82 Å². The topological polar surface area (TPSA) is 69.6 Å². The van der Waals surface area contributed by atoms with Crippen LogP contribution in [0.2, 0.25) is 0 Å². The summed E-state index contributed by atoms with van der Waals surface area (Å²) in [4.78, 5) is 8.26. The molecule has 0 atom stereocenters. The molecule has 0 aliphatic heterocycles. The number of aromatic nitrogens is 4. The van der Waals surface area contributed by atoms with E-state index in [1.165, 1.54) is 6.33 Å². The third-order valence-corrected chi connectivity index (χ3v) is 2.51. The molecule has 0 spiro atoms. The molecule has 0 saturated heterocycles. The average molecular weight is 245 g/mol. The van der Waals surface area contributed by atoms with Gasteiger partial charge in [-0.3, -0.25) is 0 Å². The van der Waals surface area contributed by atoms with Gasteiger partial charge in [-0.15, -0.1) is 0 Å². The van der Waals surface area contributed by atoms with Gasteiger partial charge in [0.25, 0.3) is 0 Å². The summed E-state index contributed by atoms with van der Waals surface area (Å²) in [6.07, 6.45) is 2.41. The minimum absolute atomic E-state index is 0.188. The Balaban J connectivity index is 2.35. The van der Waals surface area contributed by atoms with Crippen LogP contribution in [0, 0.1) is 12.3 Å². The summed E-state index contributed by atoms with van der Waals surface area (Å²) in [5.74, 6) is 1.31. The fourth-order valence-electron chi connectivity index (χ4n) is 1.82. The van der Waals surface area contributed by atoms with Gasteiger partial charge in [-0.05, 0) is 18.8 Å². The molecule has 0 radical (unpaired) electrons. The monoisotopic (exact) mass is 245 g/mol. The fourth-order valence-corrected chi connectivity index (χ4v) is 1.82. The third-order valence-electron chi connectivity index (χ3n) is 2.51. The van der Waals surface area contributed by atoms with Gasteiger partial charge in [0, 0.05) is 17.8 Å². The minimum atomic E-state index is 0.188. The SMILES string of the molecule is Cc1cc(-n2nc(CC(C)(C)C)cc2N)ncn1. The van der Waals surface area contributed by atoms with Crippen molar-refractivity contribution in [3.05, 3.63) is 29.8 Å². The molecule has 0 fully saturated rings. The van der Waals surface area contributed by atoms with E-state index in [1.54, 1.807) is 4.68 Å². The normalized spacial score (nSPS) is 11.8. The molecule has 2 heterocycles. The zero-order valence-electron chi connectivity index (χ0n) is 11.3. The number of nitrogen functional groups attached to an aromatic ring is 1. The molecular weight excluding hydrogens is 226 g/mol. The van der Waals surface area contributed by atoms with Crippen molar-refractivity contribution in [1.82, 2.24) is 19.7 Å². The Morgan fingerprint density at radius 1 is 1.22 bits per heavy atom. The first kappa shape index (κ1) is 12.5. The molecule has 96 valence electrons. The summed E-state index contributed by atoms with van der Waals surface area (Å²) in [7, 11) is 0. The van der Waals surface area contributed by atoms with E-state index in [4.69, 9.17) is 5.73 Å². The molecular formula is C13H19N5.